The molecule has 0 aliphatic heterocycles. The number of para-hydroxylation sites is 1. The summed E-state index contributed by atoms with van der Waals surface area (Å²) >= 11 is 0. The van der Waals surface area contributed by atoms with E-state index in [0.717, 1.165) is 5.39 Å². The second kappa shape index (κ2) is 6.49. The van der Waals surface area contributed by atoms with Crippen LogP contribution in [0.1, 0.15) is 24.5 Å². The molecule has 112 valence electrons. The Labute approximate surface area is 123 Å². The summed E-state index contributed by atoms with van der Waals surface area (Å²) in [5.41, 5.74) is 0.628. The topological polar surface area (TPSA) is 75.5 Å². The van der Waals surface area contributed by atoms with E-state index in [1.165, 1.54) is 0 Å². The average molecular weight is 289 g/mol. The van der Waals surface area contributed by atoms with Gasteiger partial charge in [0, 0.05) is 25.1 Å². The monoisotopic (exact) mass is 289 g/mol. The zero-order valence-corrected chi connectivity index (χ0v) is 12.4. The van der Waals surface area contributed by atoms with E-state index in [2.05, 4.69) is 9.97 Å². The molecule has 0 saturated heterocycles. The molecule has 6 heteroatoms. The van der Waals surface area contributed by atoms with E-state index in [-0.39, 0.29) is 11.9 Å². The highest BCUT2D eigenvalue weighted by Crippen LogP contribution is 2.25. The predicted octanol–water partition coefficient (Wildman–Crippen LogP) is 2.19. The van der Waals surface area contributed by atoms with Crippen molar-refractivity contribution >= 4 is 22.7 Å². The van der Waals surface area contributed by atoms with Gasteiger partial charge in [-0.05, 0) is 26.0 Å². The molecule has 0 aliphatic rings. The highest BCUT2D eigenvalue weighted by molar-refractivity contribution is 5.93. The summed E-state index contributed by atoms with van der Waals surface area (Å²) in [6, 6.07) is 7.59. The van der Waals surface area contributed by atoms with Crippen LogP contribution in [-0.2, 0) is 4.74 Å². The Bertz CT molecular complexity index is 643. The maximum absolute atomic E-state index is 11.2. The van der Waals surface area contributed by atoms with E-state index in [1.54, 1.807) is 13.2 Å². The maximum atomic E-state index is 11.2. The molecule has 0 atom stereocenters. The second-order valence-corrected chi connectivity index (χ2v) is 4.97. The van der Waals surface area contributed by atoms with Gasteiger partial charge in [-0.25, -0.2) is 14.8 Å². The summed E-state index contributed by atoms with van der Waals surface area (Å²) in [6.45, 7) is 5.24. The van der Waals surface area contributed by atoms with E-state index in [1.807, 2.05) is 36.9 Å². The molecule has 1 heterocycles. The van der Waals surface area contributed by atoms with Crippen LogP contribution in [0.4, 0.5) is 5.82 Å². The summed E-state index contributed by atoms with van der Waals surface area (Å²) < 4.78 is 5.13. The SMILES string of the molecule is COCCN(c1nc(C(=O)O)nc2ccccc12)C(C)C. The number of carboxylic acid groups (broad SMARTS) is 1. The Morgan fingerprint density at radius 3 is 2.67 bits per heavy atom. The number of carboxylic acids is 1. The fourth-order valence-electron chi connectivity index (χ4n) is 2.17. The van der Waals surface area contributed by atoms with Crippen LogP contribution in [0.2, 0.25) is 0 Å². The van der Waals surface area contributed by atoms with Gasteiger partial charge in [0.2, 0.25) is 5.82 Å². The lowest BCUT2D eigenvalue weighted by atomic mass is 10.2. The minimum atomic E-state index is -1.13. The molecule has 21 heavy (non-hydrogen) atoms. The Hall–Kier alpha value is -2.21. The minimum Gasteiger partial charge on any atom is -0.475 e. The Morgan fingerprint density at radius 1 is 1.33 bits per heavy atom. The van der Waals surface area contributed by atoms with Crippen LogP contribution in [0.3, 0.4) is 0 Å². The molecule has 0 saturated carbocycles. The number of benzene rings is 1. The van der Waals surface area contributed by atoms with Gasteiger partial charge >= 0.3 is 5.97 Å². The summed E-state index contributed by atoms with van der Waals surface area (Å²) in [6.07, 6.45) is 0. The normalized spacial score (nSPS) is 11.0. The number of hydrogen-bond acceptors (Lipinski definition) is 5. The first-order chi connectivity index (χ1) is 10.0. The summed E-state index contributed by atoms with van der Waals surface area (Å²) in [5.74, 6) is -0.686. The largest absolute Gasteiger partial charge is 0.475 e. The Balaban J connectivity index is 2.60. The van der Waals surface area contributed by atoms with E-state index in [9.17, 15) is 9.90 Å². The van der Waals surface area contributed by atoms with E-state index >= 15 is 0 Å². The number of anilines is 1. The number of nitrogens with zero attached hydrogens (tertiary/aromatic N) is 3. The molecule has 0 bridgehead atoms. The molecule has 2 rings (SSSR count). The highest BCUT2D eigenvalue weighted by atomic mass is 16.5. The predicted molar refractivity (Wildman–Crippen MR) is 80.9 cm³/mol. The standard InChI is InChI=1S/C15H19N3O3/c1-10(2)18(8-9-21-3)14-11-6-4-5-7-12(11)16-13(17-14)15(19)20/h4-7,10H,8-9H2,1-3H3,(H,19,20). The van der Waals surface area contributed by atoms with Crippen molar-refractivity contribution < 1.29 is 14.6 Å². The summed E-state index contributed by atoms with van der Waals surface area (Å²) in [5, 5.41) is 10.0. The van der Waals surface area contributed by atoms with Crippen LogP contribution in [0.25, 0.3) is 10.9 Å². The van der Waals surface area contributed by atoms with Crippen LogP contribution in [0.15, 0.2) is 24.3 Å². The van der Waals surface area contributed by atoms with Crippen molar-refractivity contribution in [3.63, 3.8) is 0 Å². The van der Waals surface area contributed by atoms with Crippen molar-refractivity contribution in [3.8, 4) is 0 Å². The van der Waals surface area contributed by atoms with Gasteiger partial charge in [-0.15, -0.1) is 0 Å². The number of carbonyl (C=O) groups is 1. The molecule has 1 aromatic heterocycles. The van der Waals surface area contributed by atoms with E-state index in [4.69, 9.17) is 4.74 Å². The third kappa shape index (κ3) is 3.28. The van der Waals surface area contributed by atoms with Crippen molar-refractivity contribution in [2.75, 3.05) is 25.2 Å². The molecule has 6 nitrogen and oxygen atoms in total. The zero-order chi connectivity index (χ0) is 15.4. The van der Waals surface area contributed by atoms with E-state index < -0.39 is 5.97 Å². The smallest absolute Gasteiger partial charge is 0.374 e. The fraction of sp³-hybridized carbons (Fsp3) is 0.400. The third-order valence-corrected chi connectivity index (χ3v) is 3.21. The number of aromatic nitrogens is 2. The fourth-order valence-corrected chi connectivity index (χ4v) is 2.17. The van der Waals surface area contributed by atoms with Crippen LogP contribution >= 0.6 is 0 Å². The first kappa shape index (κ1) is 15.2. The minimum absolute atomic E-state index is 0.167. The van der Waals surface area contributed by atoms with Gasteiger partial charge in [0.25, 0.3) is 0 Å². The number of methoxy groups -OCH3 is 1. The molecular formula is C15H19N3O3. The quantitative estimate of drug-likeness (QED) is 0.878. The molecule has 0 aliphatic carbocycles. The lowest BCUT2D eigenvalue weighted by Gasteiger charge is -2.28. The number of aromatic carboxylic acids is 1. The lowest BCUT2D eigenvalue weighted by molar-refractivity contribution is 0.0684. The van der Waals surface area contributed by atoms with Gasteiger partial charge in [0.05, 0.1) is 12.1 Å². The van der Waals surface area contributed by atoms with Crippen molar-refractivity contribution in [2.24, 2.45) is 0 Å². The summed E-state index contributed by atoms with van der Waals surface area (Å²) in [4.78, 5) is 21.6. The Kier molecular flexibility index (Phi) is 4.70. The molecule has 2 aromatic rings. The molecular weight excluding hydrogens is 270 g/mol. The van der Waals surface area contributed by atoms with Crippen LogP contribution in [-0.4, -0.2) is 47.3 Å². The van der Waals surface area contributed by atoms with Crippen molar-refractivity contribution in [1.29, 1.82) is 0 Å². The lowest BCUT2D eigenvalue weighted by Crippen LogP contribution is -2.35. The van der Waals surface area contributed by atoms with Gasteiger partial charge in [0.1, 0.15) is 5.82 Å². The zero-order valence-electron chi connectivity index (χ0n) is 12.4. The van der Waals surface area contributed by atoms with E-state index in [0.29, 0.717) is 24.5 Å². The van der Waals surface area contributed by atoms with Gasteiger partial charge in [-0.1, -0.05) is 12.1 Å². The molecule has 0 fully saturated rings. The van der Waals surface area contributed by atoms with Crippen molar-refractivity contribution in [3.05, 3.63) is 30.1 Å². The van der Waals surface area contributed by atoms with Gasteiger partial charge in [-0.2, -0.15) is 0 Å². The Morgan fingerprint density at radius 2 is 2.05 bits per heavy atom. The van der Waals surface area contributed by atoms with Gasteiger partial charge in [-0.3, -0.25) is 0 Å². The number of ether oxygens (including phenoxy) is 1. The number of rotatable bonds is 6. The molecule has 0 amide bonds. The second-order valence-electron chi connectivity index (χ2n) is 4.97. The van der Waals surface area contributed by atoms with Crippen LogP contribution < -0.4 is 4.90 Å². The molecule has 1 aromatic carbocycles. The molecule has 0 radical (unpaired) electrons. The highest BCUT2D eigenvalue weighted by Gasteiger charge is 2.19. The van der Waals surface area contributed by atoms with Crippen molar-refractivity contribution in [1.82, 2.24) is 9.97 Å². The number of hydrogen-bond donors (Lipinski definition) is 1. The third-order valence-electron chi connectivity index (χ3n) is 3.21. The van der Waals surface area contributed by atoms with Gasteiger partial charge < -0.3 is 14.7 Å². The summed E-state index contributed by atoms with van der Waals surface area (Å²) in [7, 11) is 1.64. The van der Waals surface area contributed by atoms with Crippen LogP contribution in [0, 0.1) is 0 Å². The van der Waals surface area contributed by atoms with Gasteiger partial charge in [0.15, 0.2) is 0 Å². The maximum Gasteiger partial charge on any atom is 0.374 e. The molecule has 1 N–H and O–H groups in total. The molecule has 0 spiro atoms. The first-order valence-corrected chi connectivity index (χ1v) is 6.80. The van der Waals surface area contributed by atoms with Crippen molar-refractivity contribution in [2.45, 2.75) is 19.9 Å². The number of fused-ring (bicyclic) bond motifs is 1. The van der Waals surface area contributed by atoms with Crippen LogP contribution in [0.5, 0.6) is 0 Å². The average Bonchev–Trinajstić information content (AvgIpc) is 2.46. The molecule has 0 unspecified atom stereocenters. The first-order valence-electron chi connectivity index (χ1n) is 6.80.